The van der Waals surface area contributed by atoms with Gasteiger partial charge in [-0.05, 0) is 18.6 Å². The van der Waals surface area contributed by atoms with Gasteiger partial charge in [-0.2, -0.15) is 0 Å². The second-order valence-corrected chi connectivity index (χ2v) is 6.97. The van der Waals surface area contributed by atoms with E-state index in [1.807, 2.05) is 30.3 Å². The van der Waals surface area contributed by atoms with Crippen LogP contribution in [0.15, 0.2) is 30.3 Å². The van der Waals surface area contributed by atoms with Crippen LogP contribution in [0, 0.1) is 5.92 Å². The van der Waals surface area contributed by atoms with Crippen LogP contribution in [0.4, 0.5) is 0 Å². The van der Waals surface area contributed by atoms with Crippen molar-refractivity contribution in [3.8, 4) is 0 Å². The maximum Gasteiger partial charge on any atom is 0.251 e. The van der Waals surface area contributed by atoms with Crippen molar-refractivity contribution in [1.29, 1.82) is 0 Å². The van der Waals surface area contributed by atoms with E-state index in [0.717, 1.165) is 24.5 Å². The lowest BCUT2D eigenvalue weighted by atomic mass is 9.84. The Hall–Kier alpha value is -1.39. The predicted molar refractivity (Wildman–Crippen MR) is 86.6 cm³/mol. The van der Waals surface area contributed by atoms with E-state index in [1.54, 1.807) is 0 Å². The fraction of sp³-hybridized carbons (Fsp3) is 0.611. The molecule has 3 fully saturated rings. The number of hydrogen-bond donors (Lipinski definition) is 1. The van der Waals surface area contributed by atoms with Crippen LogP contribution in [0.3, 0.4) is 0 Å². The highest BCUT2D eigenvalue weighted by Gasteiger charge is 2.43. The fourth-order valence-electron chi connectivity index (χ4n) is 3.74. The fourth-order valence-corrected chi connectivity index (χ4v) is 3.74. The Morgan fingerprint density at radius 2 is 2.00 bits per heavy atom. The number of ether oxygens (including phenoxy) is 1. The van der Waals surface area contributed by atoms with Gasteiger partial charge in [0.25, 0.3) is 5.91 Å². The molecule has 22 heavy (non-hydrogen) atoms. The second kappa shape index (κ2) is 6.80. The van der Waals surface area contributed by atoms with Crippen molar-refractivity contribution in [1.82, 2.24) is 5.32 Å². The van der Waals surface area contributed by atoms with Crippen LogP contribution in [0.2, 0.25) is 0 Å². The molecule has 1 unspecified atom stereocenters. The molecular weight excluding hydrogens is 276 g/mol. The molecule has 3 aliphatic heterocycles. The van der Waals surface area contributed by atoms with Crippen LogP contribution < -0.4 is 5.32 Å². The zero-order valence-electron chi connectivity index (χ0n) is 13.5. The van der Waals surface area contributed by atoms with E-state index in [9.17, 15) is 4.79 Å². The Kier molecular flexibility index (Phi) is 4.79. The van der Waals surface area contributed by atoms with Gasteiger partial charge < -0.3 is 14.5 Å². The number of benzene rings is 1. The van der Waals surface area contributed by atoms with Gasteiger partial charge in [0.05, 0.1) is 20.1 Å². The van der Waals surface area contributed by atoms with Gasteiger partial charge in [-0.25, -0.2) is 0 Å². The summed E-state index contributed by atoms with van der Waals surface area (Å²) < 4.78 is 7.29. The molecule has 3 heterocycles. The minimum atomic E-state index is 0.00139. The van der Waals surface area contributed by atoms with Crippen molar-refractivity contribution < 1.29 is 14.0 Å². The summed E-state index contributed by atoms with van der Waals surface area (Å²) in [6.07, 6.45) is 3.93. The van der Waals surface area contributed by atoms with Gasteiger partial charge in [-0.3, -0.25) is 4.79 Å². The maximum atomic E-state index is 11.9. The van der Waals surface area contributed by atoms with Gasteiger partial charge >= 0.3 is 0 Å². The molecule has 3 saturated heterocycles. The first-order chi connectivity index (χ1) is 10.7. The molecule has 1 amide bonds. The van der Waals surface area contributed by atoms with Gasteiger partial charge in [0.15, 0.2) is 0 Å². The number of nitrogens with zero attached hydrogens (tertiary/aromatic N) is 1. The van der Waals surface area contributed by atoms with Crippen molar-refractivity contribution in [2.24, 2.45) is 5.92 Å². The third kappa shape index (κ3) is 3.68. The molecule has 4 heteroatoms. The zero-order valence-corrected chi connectivity index (χ0v) is 13.5. The van der Waals surface area contributed by atoms with E-state index in [2.05, 4.69) is 12.4 Å². The van der Waals surface area contributed by atoms with Gasteiger partial charge in [0, 0.05) is 37.5 Å². The number of likely N-dealkylation sites (N-methyl/N-ethyl adjacent to an activating group) is 1. The molecule has 0 radical (unpaired) electrons. The molecule has 3 aliphatic rings. The molecular formula is C18H27N2O2+. The largest absolute Gasteiger partial charge is 0.372 e. The van der Waals surface area contributed by atoms with Gasteiger partial charge in [0.1, 0.15) is 12.6 Å². The van der Waals surface area contributed by atoms with Crippen molar-refractivity contribution in [2.75, 3.05) is 39.8 Å². The first-order valence-electron chi connectivity index (χ1n) is 8.45. The number of hydrogen-bond acceptors (Lipinski definition) is 2. The summed E-state index contributed by atoms with van der Waals surface area (Å²) >= 11 is 0. The monoisotopic (exact) mass is 303 g/mol. The minimum Gasteiger partial charge on any atom is -0.372 e. The number of piperidine rings is 3. The molecule has 1 aromatic rings. The summed E-state index contributed by atoms with van der Waals surface area (Å²) in [5, 5.41) is 2.96. The number of rotatable bonds is 6. The molecule has 120 valence electrons. The average Bonchev–Trinajstić information content (AvgIpc) is 2.55. The van der Waals surface area contributed by atoms with E-state index in [-0.39, 0.29) is 5.91 Å². The quantitative estimate of drug-likeness (QED) is 0.645. The molecule has 0 spiro atoms. The molecule has 2 bridgehead atoms. The lowest BCUT2D eigenvalue weighted by molar-refractivity contribution is -0.928. The Balaban J connectivity index is 1.34. The standard InChI is InChI=1S/C18H26N2O2/c1-20-11-8-15(9-12-20)17(14-20)22-13-5-10-19-18(21)16-6-3-2-4-7-16/h2-4,6-7,15,17H,5,8-14H2,1H3/p+1. The number of carbonyl (C=O) groups is 1. The Morgan fingerprint density at radius 3 is 2.68 bits per heavy atom. The summed E-state index contributed by atoms with van der Waals surface area (Å²) in [5.74, 6) is 0.764. The van der Waals surface area contributed by atoms with Crippen molar-refractivity contribution >= 4 is 5.91 Å². The number of fused-ring (bicyclic) bond motifs is 3. The number of amides is 1. The van der Waals surface area contributed by atoms with Crippen LogP contribution >= 0.6 is 0 Å². The first-order valence-corrected chi connectivity index (χ1v) is 8.45. The van der Waals surface area contributed by atoms with E-state index < -0.39 is 0 Å². The summed E-state index contributed by atoms with van der Waals surface area (Å²) in [6.45, 7) is 5.23. The third-order valence-corrected chi connectivity index (χ3v) is 5.20. The summed E-state index contributed by atoms with van der Waals surface area (Å²) in [6, 6.07) is 9.36. The minimum absolute atomic E-state index is 0.00139. The molecule has 4 rings (SSSR count). The van der Waals surface area contributed by atoms with E-state index in [0.29, 0.717) is 12.6 Å². The molecule has 1 aromatic carbocycles. The Bertz CT molecular complexity index is 495. The van der Waals surface area contributed by atoms with Crippen molar-refractivity contribution in [3.63, 3.8) is 0 Å². The summed E-state index contributed by atoms with van der Waals surface area (Å²) in [5.41, 5.74) is 0.721. The van der Waals surface area contributed by atoms with Crippen LogP contribution in [0.25, 0.3) is 0 Å². The number of quaternary nitrogens is 1. The van der Waals surface area contributed by atoms with Crippen LogP contribution in [-0.2, 0) is 4.74 Å². The van der Waals surface area contributed by atoms with Crippen LogP contribution in [0.1, 0.15) is 29.6 Å². The average molecular weight is 303 g/mol. The lowest BCUT2D eigenvalue weighted by Gasteiger charge is -2.50. The predicted octanol–water partition coefficient (Wildman–Crippen LogP) is 2.06. The van der Waals surface area contributed by atoms with Gasteiger partial charge in [-0.1, -0.05) is 18.2 Å². The van der Waals surface area contributed by atoms with Crippen molar-refractivity contribution in [2.45, 2.75) is 25.4 Å². The van der Waals surface area contributed by atoms with E-state index in [4.69, 9.17) is 4.74 Å². The van der Waals surface area contributed by atoms with E-state index >= 15 is 0 Å². The van der Waals surface area contributed by atoms with Gasteiger partial charge in [0.2, 0.25) is 0 Å². The van der Waals surface area contributed by atoms with Crippen LogP contribution in [-0.4, -0.2) is 56.3 Å². The first kappa shape index (κ1) is 15.5. The lowest BCUT2D eigenvalue weighted by Crippen LogP contribution is -2.62. The Morgan fingerprint density at radius 1 is 1.27 bits per heavy atom. The smallest absolute Gasteiger partial charge is 0.251 e. The molecule has 0 saturated carbocycles. The molecule has 4 nitrogen and oxygen atoms in total. The highest BCUT2D eigenvalue weighted by atomic mass is 16.5. The SMILES string of the molecule is C[N+]12CCC(CC1)C(OCCCNC(=O)c1ccccc1)C2. The number of nitrogens with one attached hydrogen (secondary N) is 1. The second-order valence-electron chi connectivity index (χ2n) is 6.97. The third-order valence-electron chi connectivity index (χ3n) is 5.20. The summed E-state index contributed by atoms with van der Waals surface area (Å²) in [7, 11) is 2.35. The maximum absolute atomic E-state index is 11.9. The Labute approximate surface area is 133 Å². The topological polar surface area (TPSA) is 38.3 Å². The zero-order chi connectivity index (χ0) is 15.4. The summed E-state index contributed by atoms with van der Waals surface area (Å²) in [4.78, 5) is 11.9. The molecule has 0 aromatic heterocycles. The highest BCUT2D eigenvalue weighted by Crippen LogP contribution is 2.33. The van der Waals surface area contributed by atoms with Crippen molar-refractivity contribution in [3.05, 3.63) is 35.9 Å². The normalized spacial score (nSPS) is 30.2. The molecule has 0 aliphatic carbocycles. The van der Waals surface area contributed by atoms with Crippen LogP contribution in [0.5, 0.6) is 0 Å². The van der Waals surface area contributed by atoms with E-state index in [1.165, 1.54) is 37.0 Å². The van der Waals surface area contributed by atoms with Gasteiger partial charge in [-0.15, -0.1) is 0 Å². The highest BCUT2D eigenvalue weighted by molar-refractivity contribution is 5.94. The molecule has 1 atom stereocenters. The molecule has 1 N–H and O–H groups in total. The number of carbonyl (C=O) groups excluding carboxylic acids is 1.